The monoisotopic (exact) mass is 490 g/mol. The van der Waals surface area contributed by atoms with Gasteiger partial charge >= 0.3 is 102 Å². The van der Waals surface area contributed by atoms with Gasteiger partial charge in [-0.1, -0.05) is 60.7 Å². The van der Waals surface area contributed by atoms with Crippen LogP contribution in [0.15, 0.2) is 60.7 Å². The van der Waals surface area contributed by atoms with Gasteiger partial charge in [0.2, 0.25) is 0 Å². The Morgan fingerprint density at radius 1 is 0.500 bits per heavy atom. The van der Waals surface area contributed by atoms with Gasteiger partial charge in [0.25, 0.3) is 0 Å². The van der Waals surface area contributed by atoms with Crippen LogP contribution in [0.3, 0.4) is 0 Å². The van der Waals surface area contributed by atoms with Crippen molar-refractivity contribution in [2.24, 2.45) is 0 Å². The van der Waals surface area contributed by atoms with Crippen molar-refractivity contribution in [2.45, 2.75) is 0 Å². The third-order valence-electron chi connectivity index (χ3n) is 1.96. The van der Waals surface area contributed by atoms with Crippen LogP contribution in [0.2, 0.25) is 0 Å². The van der Waals surface area contributed by atoms with E-state index in [1.54, 1.807) is 24.3 Å². The van der Waals surface area contributed by atoms with Gasteiger partial charge in [-0.2, -0.15) is 0 Å². The van der Waals surface area contributed by atoms with Gasteiger partial charge in [-0.25, -0.2) is 0 Å². The molecule has 0 unspecified atom stereocenters. The van der Waals surface area contributed by atoms with E-state index in [0.717, 1.165) is 0 Å². The molecule has 0 radical (unpaired) electrons. The minimum absolute atomic E-state index is 0. The summed E-state index contributed by atoms with van der Waals surface area (Å²) in [4.78, 5) is 11.4. The van der Waals surface area contributed by atoms with Crippen molar-refractivity contribution in [3.05, 3.63) is 111 Å². The number of hydrogen-bond acceptors (Lipinski definition) is 1. The molecule has 0 aliphatic carbocycles. The molecule has 2 aromatic carbocycles. The normalized spacial score (nSPS) is 5.47. The minimum Gasteiger partial charge on any atom is 2.00 e. The second kappa shape index (κ2) is 50.2. The summed E-state index contributed by atoms with van der Waals surface area (Å²) in [6.07, 6.45) is 0. The second-order valence-corrected chi connectivity index (χ2v) is 3.18. The van der Waals surface area contributed by atoms with E-state index >= 15 is 0 Å². The first-order valence-corrected chi connectivity index (χ1v) is 6.14. The van der Waals surface area contributed by atoms with E-state index < -0.39 is 6.03 Å². The molecule has 2 amide bonds. The van der Waals surface area contributed by atoms with E-state index in [1.165, 1.54) is 0 Å². The summed E-state index contributed by atoms with van der Waals surface area (Å²) < 4.78 is 45.0. The quantitative estimate of drug-likeness (QED) is 0.343. The van der Waals surface area contributed by atoms with Crippen LogP contribution in [0, 0.1) is 39.9 Å². The molecular weight excluding hydrogens is 480 g/mol. The number of carbonyl (C=O) groups excluding carboxylic acids is 1. The Balaban J connectivity index is -0.0000000657. The fourth-order valence-electron chi connectivity index (χ4n) is 1.25. The third-order valence-corrected chi connectivity index (χ3v) is 1.96. The van der Waals surface area contributed by atoms with Gasteiger partial charge in [-0.05, 0) is 6.03 Å². The molecule has 0 aliphatic rings. The Hall–Kier alpha value is -2.81. The van der Waals surface area contributed by atoms with Crippen LogP contribution < -0.4 is 0 Å². The average Bonchev–Trinajstić information content (AvgIpc) is 2.83. The van der Waals surface area contributed by atoms with Crippen molar-refractivity contribution < 1.29 is 66.8 Å². The summed E-state index contributed by atoms with van der Waals surface area (Å²) in [5, 5.41) is 7.70. The molecule has 152 valence electrons. The number of urea groups is 1. The molecule has 11 heteroatoms. The Kier molecular flexibility index (Phi) is 76.6. The van der Waals surface area contributed by atoms with Crippen molar-refractivity contribution in [3.8, 4) is 0 Å². The van der Waals surface area contributed by atoms with Crippen molar-refractivity contribution in [2.75, 3.05) is 0 Å². The molecule has 0 fully saturated rings. The van der Waals surface area contributed by atoms with Gasteiger partial charge in [-0.15, -0.1) is 11.4 Å². The van der Waals surface area contributed by atoms with Crippen molar-refractivity contribution in [3.63, 3.8) is 0 Å². The first-order chi connectivity index (χ1) is 13.8. The van der Waals surface area contributed by atoms with Crippen LogP contribution in [0.25, 0.3) is 10.6 Å². The first kappa shape index (κ1) is 45.8. The zero-order valence-electron chi connectivity index (χ0n) is 14.7. The van der Waals surface area contributed by atoms with Crippen LogP contribution >= 0.6 is 0 Å². The minimum atomic E-state index is -0.489. The van der Waals surface area contributed by atoms with Gasteiger partial charge in [0.15, 0.2) is 0 Å². The van der Waals surface area contributed by atoms with Gasteiger partial charge in [0.05, 0.1) is 0 Å². The fourth-order valence-corrected chi connectivity index (χ4v) is 1.25. The van der Waals surface area contributed by atoms with Crippen LogP contribution in [0.4, 0.5) is 16.2 Å². The summed E-state index contributed by atoms with van der Waals surface area (Å²) in [5.74, 6) is 0. The maximum absolute atomic E-state index is 11.4. The molecule has 0 bridgehead atoms. The number of hydrogen-bond donors (Lipinski definition) is 0. The molecular formula is C19H10Fe2N2O7+2. The summed E-state index contributed by atoms with van der Waals surface area (Å²) in [5.41, 5.74) is 1.24. The first-order valence-electron chi connectivity index (χ1n) is 6.14. The molecule has 9 nitrogen and oxygen atoms in total. The Bertz CT molecular complexity index is 624. The molecule has 0 aromatic heterocycles. The largest absolute Gasteiger partial charge is 2.00 e. The fraction of sp³-hybridized carbons (Fsp3) is 0. The maximum atomic E-state index is 11.4. The smallest absolute Gasteiger partial charge is 2.00 e. The number of amides is 2. The Morgan fingerprint density at radius 2 is 0.700 bits per heavy atom. The number of para-hydroxylation sites is 2. The standard InChI is InChI=1S/C13H11N2O.6CO.2Fe/c16-13(14-11-7-3-1-4-8-11)15-12-9-5-2-6-10-12;6*1-2;;/h1-10H,(H-,14,15,16);;;;;;;;/q-1;;;;;;;2*+2/p-1. The number of nitrogens with zero attached hydrogens (tertiary/aromatic N) is 2. The van der Waals surface area contributed by atoms with Gasteiger partial charge in [-0.3, -0.25) is 0 Å². The van der Waals surface area contributed by atoms with Crippen molar-refractivity contribution in [1.82, 2.24) is 0 Å². The van der Waals surface area contributed by atoms with Crippen LogP contribution in [-0.2, 0) is 62.1 Å². The molecule has 0 N–H and O–H groups in total. The molecule has 0 heterocycles. The number of benzene rings is 2. The van der Waals surface area contributed by atoms with E-state index in [1.807, 2.05) is 36.4 Å². The molecule has 0 saturated heterocycles. The van der Waals surface area contributed by atoms with Crippen LogP contribution in [0.5, 0.6) is 0 Å². The average molecular weight is 490 g/mol. The van der Waals surface area contributed by atoms with E-state index in [2.05, 4.69) is 50.5 Å². The molecule has 0 aliphatic heterocycles. The molecule has 2 aromatic rings. The topological polar surface area (TPSA) is 165 Å². The van der Waals surface area contributed by atoms with Crippen LogP contribution in [0.1, 0.15) is 0 Å². The number of carbonyl (C=O) groups is 1. The van der Waals surface area contributed by atoms with E-state index in [0.29, 0.717) is 11.4 Å². The Morgan fingerprint density at radius 3 is 0.900 bits per heavy atom. The summed E-state index contributed by atoms with van der Waals surface area (Å²) >= 11 is 0. The predicted molar refractivity (Wildman–Crippen MR) is 87.9 cm³/mol. The molecule has 0 saturated carbocycles. The Labute approximate surface area is 195 Å². The van der Waals surface area contributed by atoms with Gasteiger partial charge < -0.3 is 15.4 Å². The van der Waals surface area contributed by atoms with Crippen molar-refractivity contribution in [1.29, 1.82) is 0 Å². The van der Waals surface area contributed by atoms with Gasteiger partial charge in [0, 0.05) is 0 Å². The second-order valence-electron chi connectivity index (χ2n) is 3.18. The molecule has 0 atom stereocenters. The van der Waals surface area contributed by atoms with Gasteiger partial charge in [0.1, 0.15) is 0 Å². The summed E-state index contributed by atoms with van der Waals surface area (Å²) in [6.45, 7) is 27.0. The molecule has 0 spiro atoms. The summed E-state index contributed by atoms with van der Waals surface area (Å²) in [7, 11) is 0. The predicted octanol–water partition coefficient (Wildman–Crippen LogP) is 4.29. The van der Waals surface area contributed by atoms with E-state index in [9.17, 15) is 4.79 Å². The number of rotatable bonds is 2. The molecule has 2 rings (SSSR count). The zero-order chi connectivity index (χ0) is 23.2. The molecule has 30 heavy (non-hydrogen) atoms. The van der Waals surface area contributed by atoms with Crippen LogP contribution in [-0.4, -0.2) is 6.03 Å². The maximum Gasteiger partial charge on any atom is 2.00 e. The third kappa shape index (κ3) is 32.8. The van der Waals surface area contributed by atoms with E-state index in [-0.39, 0.29) is 34.1 Å². The van der Waals surface area contributed by atoms with Crippen molar-refractivity contribution >= 4 is 17.4 Å². The summed E-state index contributed by atoms with van der Waals surface area (Å²) in [6, 6.07) is 17.6. The SMILES string of the molecule is O=C([N-]c1ccccc1)[N-]c1ccccc1.[C-]#[O+].[C-]#[O+].[C-]#[O+].[C-]#[O+].[C-]#[O+].[C-]#[O+].[Fe+2].[Fe+2]. The zero-order valence-corrected chi connectivity index (χ0v) is 16.9. The van der Waals surface area contributed by atoms with E-state index in [4.69, 9.17) is 27.9 Å².